The number of benzene rings is 3. The normalized spacial score (nSPS) is 10.8. The number of aryl methyl sites for hydroxylation is 1. The molecule has 0 N–H and O–H groups in total. The van der Waals surface area contributed by atoms with Crippen molar-refractivity contribution < 1.29 is 18.8 Å². The molecule has 0 fully saturated rings. The lowest BCUT2D eigenvalue weighted by Gasteiger charge is -2.15. The van der Waals surface area contributed by atoms with E-state index in [1.54, 1.807) is 18.2 Å². The molecule has 2 amide bonds. The third kappa shape index (κ3) is 5.45. The molecule has 0 bridgehead atoms. The number of carbonyl (C=O) groups excluding carboxylic acids is 2. The Kier molecular flexibility index (Phi) is 6.43. The molecule has 0 unspecified atom stereocenters. The van der Waals surface area contributed by atoms with Crippen molar-refractivity contribution in [3.05, 3.63) is 90.5 Å². The molecule has 0 aliphatic heterocycles. The van der Waals surface area contributed by atoms with Crippen molar-refractivity contribution in [3.8, 4) is 5.75 Å². The van der Waals surface area contributed by atoms with Crippen LogP contribution in [0.1, 0.15) is 5.56 Å². The molecule has 0 spiro atoms. The molecule has 0 aliphatic carbocycles. The smallest absolute Gasteiger partial charge is 0.458 e. The summed E-state index contributed by atoms with van der Waals surface area (Å²) < 4.78 is 10.6. The number of azo groups is 1. The lowest BCUT2D eigenvalue weighted by Crippen LogP contribution is -2.45. The predicted octanol–water partition coefficient (Wildman–Crippen LogP) is 3.62. The van der Waals surface area contributed by atoms with Gasteiger partial charge >= 0.3 is 21.2 Å². The molecule has 0 aromatic heterocycles. The predicted molar refractivity (Wildman–Crippen MR) is 108 cm³/mol. The zero-order chi connectivity index (χ0) is 19.8. The minimum Gasteiger partial charge on any atom is -0.495 e. The second-order valence-corrected chi connectivity index (χ2v) is 8.30. The summed E-state index contributed by atoms with van der Waals surface area (Å²) >= 11 is 0. The van der Waals surface area contributed by atoms with Gasteiger partial charge in [0.25, 0.3) is 0 Å². The van der Waals surface area contributed by atoms with E-state index in [-0.39, 0.29) is 0 Å². The Balaban J connectivity index is 1.68. The average Bonchev–Trinajstić information content (AvgIpc) is 2.72. The number of rotatable bonds is 4. The molecule has 0 radical (unpaired) electrons. The van der Waals surface area contributed by atoms with Crippen LogP contribution in [-0.2, 0) is 4.43 Å². The zero-order valence-electron chi connectivity index (χ0n) is 15.2. The minimum absolute atomic E-state index is 0.332. The van der Waals surface area contributed by atoms with E-state index in [2.05, 4.69) is 10.2 Å². The van der Waals surface area contributed by atoms with Gasteiger partial charge in [0.1, 0.15) is 5.75 Å². The van der Waals surface area contributed by atoms with Crippen molar-refractivity contribution in [2.75, 3.05) is 0 Å². The lowest BCUT2D eigenvalue weighted by molar-refractivity contribution is 0.201. The van der Waals surface area contributed by atoms with Crippen molar-refractivity contribution in [3.63, 3.8) is 0 Å². The van der Waals surface area contributed by atoms with E-state index < -0.39 is 21.2 Å². The fourth-order valence-corrected chi connectivity index (χ4v) is 4.64. The highest BCUT2D eigenvalue weighted by Crippen LogP contribution is 2.13. The first-order chi connectivity index (χ1) is 13.6. The third-order valence-electron chi connectivity index (χ3n) is 3.83. The Bertz CT molecular complexity index is 938. The maximum atomic E-state index is 12.2. The minimum atomic E-state index is -2.30. The van der Waals surface area contributed by atoms with Gasteiger partial charge in [-0.3, -0.25) is 0 Å². The van der Waals surface area contributed by atoms with Gasteiger partial charge in [0.2, 0.25) is 0 Å². The SMILES string of the molecule is Cc1cccc(OC(=O)N=NC(=O)O[SiH](c2ccccc2)c2ccccc2)c1. The van der Waals surface area contributed by atoms with Gasteiger partial charge in [-0.15, -0.1) is 0 Å². The van der Waals surface area contributed by atoms with Gasteiger partial charge in [-0.05, 0) is 35.0 Å². The van der Waals surface area contributed by atoms with E-state index in [0.717, 1.165) is 15.9 Å². The highest BCUT2D eigenvalue weighted by molar-refractivity contribution is 6.81. The van der Waals surface area contributed by atoms with E-state index >= 15 is 0 Å². The van der Waals surface area contributed by atoms with Crippen LogP contribution in [0.15, 0.2) is 95.2 Å². The second kappa shape index (κ2) is 9.38. The Hall–Kier alpha value is -3.58. The molecule has 3 rings (SSSR count). The van der Waals surface area contributed by atoms with Crippen LogP contribution in [0, 0.1) is 6.92 Å². The molecule has 0 saturated heterocycles. The van der Waals surface area contributed by atoms with Crippen LogP contribution in [0.5, 0.6) is 5.75 Å². The highest BCUT2D eigenvalue weighted by Gasteiger charge is 2.22. The van der Waals surface area contributed by atoms with Gasteiger partial charge in [-0.1, -0.05) is 83.0 Å². The third-order valence-corrected chi connectivity index (χ3v) is 6.25. The number of nitrogens with zero attached hydrogens (tertiary/aromatic N) is 2. The number of amides is 2. The monoisotopic (exact) mass is 390 g/mol. The van der Waals surface area contributed by atoms with E-state index in [0.29, 0.717) is 5.75 Å². The molecule has 3 aromatic rings. The molecule has 140 valence electrons. The quantitative estimate of drug-likeness (QED) is 0.504. The summed E-state index contributed by atoms with van der Waals surface area (Å²) in [5.41, 5.74) is 0.932. The lowest BCUT2D eigenvalue weighted by atomic mass is 10.2. The van der Waals surface area contributed by atoms with E-state index in [9.17, 15) is 9.59 Å². The average molecular weight is 390 g/mol. The van der Waals surface area contributed by atoms with E-state index in [4.69, 9.17) is 9.16 Å². The molecule has 0 atom stereocenters. The zero-order valence-corrected chi connectivity index (χ0v) is 16.3. The van der Waals surface area contributed by atoms with Gasteiger partial charge in [0.15, 0.2) is 0 Å². The maximum Gasteiger partial charge on any atom is 0.458 e. The van der Waals surface area contributed by atoms with Crippen LogP contribution in [0.25, 0.3) is 0 Å². The molecule has 0 aliphatic rings. The van der Waals surface area contributed by atoms with Crippen LogP contribution < -0.4 is 15.1 Å². The van der Waals surface area contributed by atoms with Gasteiger partial charge in [-0.2, -0.15) is 0 Å². The van der Waals surface area contributed by atoms with Gasteiger partial charge in [0, 0.05) is 0 Å². The fraction of sp³-hybridized carbons (Fsp3) is 0.0476. The van der Waals surface area contributed by atoms with Crippen molar-refractivity contribution in [1.82, 2.24) is 0 Å². The van der Waals surface area contributed by atoms with Crippen LogP contribution in [0.2, 0.25) is 0 Å². The molecule has 3 aromatic carbocycles. The first-order valence-corrected chi connectivity index (χ1v) is 10.2. The van der Waals surface area contributed by atoms with E-state index in [1.165, 1.54) is 0 Å². The first kappa shape index (κ1) is 19.2. The summed E-state index contributed by atoms with van der Waals surface area (Å²) in [6, 6.07) is 25.8. The van der Waals surface area contributed by atoms with Crippen molar-refractivity contribution in [1.29, 1.82) is 0 Å². The summed E-state index contributed by atoms with van der Waals surface area (Å²) in [4.78, 5) is 23.9. The number of ether oxygens (including phenoxy) is 1. The van der Waals surface area contributed by atoms with Crippen molar-refractivity contribution >= 4 is 31.6 Å². The van der Waals surface area contributed by atoms with Crippen molar-refractivity contribution in [2.45, 2.75) is 6.92 Å². The van der Waals surface area contributed by atoms with Gasteiger partial charge < -0.3 is 9.16 Å². The van der Waals surface area contributed by atoms with Crippen LogP contribution in [-0.4, -0.2) is 21.2 Å². The summed E-state index contributed by atoms with van der Waals surface area (Å²) in [5, 5.41) is 8.49. The van der Waals surface area contributed by atoms with E-state index in [1.807, 2.05) is 73.7 Å². The van der Waals surface area contributed by atoms with Crippen LogP contribution in [0.4, 0.5) is 9.59 Å². The largest absolute Gasteiger partial charge is 0.495 e. The second-order valence-electron chi connectivity index (χ2n) is 5.97. The number of hydrogen-bond acceptors (Lipinski definition) is 4. The van der Waals surface area contributed by atoms with Gasteiger partial charge in [0.05, 0.1) is 0 Å². The fourth-order valence-electron chi connectivity index (χ4n) is 2.59. The van der Waals surface area contributed by atoms with Crippen molar-refractivity contribution in [2.24, 2.45) is 10.2 Å². The Morgan fingerprint density at radius 1 is 0.750 bits per heavy atom. The molecule has 28 heavy (non-hydrogen) atoms. The first-order valence-electron chi connectivity index (χ1n) is 8.62. The van der Waals surface area contributed by atoms with Gasteiger partial charge in [-0.25, -0.2) is 9.59 Å². The summed E-state index contributed by atoms with van der Waals surface area (Å²) in [7, 11) is -2.30. The molecule has 7 heteroatoms. The highest BCUT2D eigenvalue weighted by atomic mass is 28.3. The summed E-state index contributed by atoms with van der Waals surface area (Å²) in [6.07, 6.45) is -1.91. The summed E-state index contributed by atoms with van der Waals surface area (Å²) in [6.45, 7) is 1.87. The van der Waals surface area contributed by atoms with Crippen LogP contribution in [0.3, 0.4) is 0 Å². The maximum absolute atomic E-state index is 12.2. The number of carbonyl (C=O) groups is 2. The molecular weight excluding hydrogens is 372 g/mol. The topological polar surface area (TPSA) is 77.3 Å². The van der Waals surface area contributed by atoms with Crippen LogP contribution >= 0.6 is 0 Å². The summed E-state index contributed by atoms with van der Waals surface area (Å²) in [5.74, 6) is 0.332. The standard InChI is InChI=1S/C21H18N2O4Si/c1-16-9-8-10-17(15-16)26-20(24)22-23-21(25)27-28(18-11-4-2-5-12-18)19-13-6-3-7-14-19/h2-15,28H,1H3. The number of hydrogen-bond donors (Lipinski definition) is 0. The Morgan fingerprint density at radius 3 is 1.89 bits per heavy atom. The molecular formula is C21H18N2O4Si. The molecule has 6 nitrogen and oxygen atoms in total. The Labute approximate surface area is 164 Å². The Morgan fingerprint density at radius 2 is 1.32 bits per heavy atom. The molecule has 0 saturated carbocycles. The molecule has 0 heterocycles.